The molecule has 1 aliphatic carbocycles. The fourth-order valence-electron chi connectivity index (χ4n) is 3.20. The van der Waals surface area contributed by atoms with Crippen molar-refractivity contribution in [2.75, 3.05) is 7.05 Å². The zero-order valence-corrected chi connectivity index (χ0v) is 16.1. The fourth-order valence-corrected chi connectivity index (χ4v) is 4.19. The van der Waals surface area contributed by atoms with E-state index in [1.165, 1.54) is 21.8 Å². The number of amides is 1. The molecule has 136 valence electrons. The molecule has 26 heavy (non-hydrogen) atoms. The van der Waals surface area contributed by atoms with Crippen LogP contribution in [0.2, 0.25) is 0 Å². The van der Waals surface area contributed by atoms with E-state index in [1.807, 2.05) is 44.2 Å². The summed E-state index contributed by atoms with van der Waals surface area (Å²) < 4.78 is 6.22. The van der Waals surface area contributed by atoms with Crippen molar-refractivity contribution in [2.24, 2.45) is 0 Å². The van der Waals surface area contributed by atoms with Gasteiger partial charge in [-0.05, 0) is 62.3 Å². The minimum atomic E-state index is -0.784. The summed E-state index contributed by atoms with van der Waals surface area (Å²) in [7, 11) is 1.64. The number of hydrogen-bond donors (Lipinski definition) is 0. The molecule has 0 unspecified atom stereocenters. The van der Waals surface area contributed by atoms with Gasteiger partial charge < -0.3 is 4.74 Å². The van der Waals surface area contributed by atoms with Gasteiger partial charge in [0.25, 0.3) is 0 Å². The highest BCUT2D eigenvalue weighted by molar-refractivity contribution is 7.99. The van der Waals surface area contributed by atoms with Crippen LogP contribution in [0, 0.1) is 0 Å². The topological polar surface area (TPSA) is 46.6 Å². The molecule has 0 heterocycles. The van der Waals surface area contributed by atoms with Crippen LogP contribution in [0.15, 0.2) is 48.5 Å². The zero-order chi connectivity index (χ0) is 18.7. The van der Waals surface area contributed by atoms with E-state index >= 15 is 0 Å². The third-order valence-corrected chi connectivity index (χ3v) is 5.57. The summed E-state index contributed by atoms with van der Waals surface area (Å²) >= 11 is 1.17. The molecule has 0 saturated heterocycles. The van der Waals surface area contributed by atoms with Crippen LogP contribution in [0.3, 0.4) is 0 Å². The summed E-state index contributed by atoms with van der Waals surface area (Å²) in [5.74, 6) is 0.605. The number of carbonyl (C=O) groups is 2. The molecule has 0 N–H and O–H groups in total. The Morgan fingerprint density at radius 3 is 2.50 bits per heavy atom. The second-order valence-corrected chi connectivity index (χ2v) is 8.66. The van der Waals surface area contributed by atoms with Crippen LogP contribution in [-0.4, -0.2) is 28.0 Å². The molecule has 4 nitrogen and oxygen atoms in total. The number of ketones is 1. The molecule has 0 saturated carbocycles. The summed E-state index contributed by atoms with van der Waals surface area (Å²) in [4.78, 5) is 25.3. The van der Waals surface area contributed by atoms with Gasteiger partial charge in [-0.3, -0.25) is 9.10 Å². The van der Waals surface area contributed by atoms with Crippen LogP contribution in [-0.2, 0) is 12.8 Å². The highest BCUT2D eigenvalue weighted by Gasteiger charge is 2.33. The molecule has 1 aliphatic rings. The lowest BCUT2D eigenvalue weighted by atomic mass is 10.0. The van der Waals surface area contributed by atoms with E-state index in [-0.39, 0.29) is 5.78 Å². The molecule has 2 aromatic rings. The van der Waals surface area contributed by atoms with Gasteiger partial charge in [0.1, 0.15) is 5.75 Å². The van der Waals surface area contributed by atoms with Crippen LogP contribution >= 0.6 is 11.9 Å². The second-order valence-electron chi connectivity index (χ2n) is 6.91. The molecule has 5 heteroatoms. The highest BCUT2D eigenvalue weighted by Crippen LogP contribution is 2.33. The van der Waals surface area contributed by atoms with Gasteiger partial charge in [0.05, 0.1) is 4.75 Å². The van der Waals surface area contributed by atoms with Gasteiger partial charge in [-0.1, -0.05) is 42.5 Å². The molecule has 1 amide bonds. The number of benzene rings is 2. The maximum atomic E-state index is 12.7. The van der Waals surface area contributed by atoms with Gasteiger partial charge in [-0.25, -0.2) is 4.79 Å². The largest absolute Gasteiger partial charge is 0.425 e. The van der Waals surface area contributed by atoms with E-state index in [2.05, 4.69) is 6.07 Å². The molecular formula is C21H23NO3S. The highest BCUT2D eigenvalue weighted by atomic mass is 32.2. The monoisotopic (exact) mass is 369 g/mol. The van der Waals surface area contributed by atoms with Crippen molar-refractivity contribution in [3.63, 3.8) is 0 Å². The molecule has 0 aliphatic heterocycles. The number of fused-ring (bicyclic) bond motifs is 1. The Kier molecular flexibility index (Phi) is 5.37. The third kappa shape index (κ3) is 3.93. The van der Waals surface area contributed by atoms with Crippen LogP contribution in [0.4, 0.5) is 4.79 Å². The normalized spacial score (nSPS) is 13.2. The first kappa shape index (κ1) is 18.5. The molecule has 0 aromatic heterocycles. The van der Waals surface area contributed by atoms with E-state index in [4.69, 9.17) is 4.74 Å². The van der Waals surface area contributed by atoms with Gasteiger partial charge >= 0.3 is 6.09 Å². The summed E-state index contributed by atoms with van der Waals surface area (Å²) in [6.45, 7) is 3.63. The molecule has 2 aromatic carbocycles. The lowest BCUT2D eigenvalue weighted by Crippen LogP contribution is -2.35. The van der Waals surface area contributed by atoms with Crippen LogP contribution in [0.5, 0.6) is 5.75 Å². The van der Waals surface area contributed by atoms with Crippen molar-refractivity contribution in [1.82, 2.24) is 4.31 Å². The van der Waals surface area contributed by atoms with Crippen LogP contribution < -0.4 is 4.74 Å². The number of aryl methyl sites for hydroxylation is 1. The molecule has 3 rings (SSSR count). The van der Waals surface area contributed by atoms with Gasteiger partial charge in [-0.2, -0.15) is 0 Å². The zero-order valence-electron chi connectivity index (χ0n) is 15.3. The van der Waals surface area contributed by atoms with E-state index in [9.17, 15) is 9.59 Å². The van der Waals surface area contributed by atoms with Gasteiger partial charge in [0, 0.05) is 12.6 Å². The number of carbonyl (C=O) groups excluding carboxylic acids is 2. The van der Waals surface area contributed by atoms with E-state index in [0.29, 0.717) is 11.3 Å². The molecule has 0 atom stereocenters. The third-order valence-electron chi connectivity index (χ3n) is 4.51. The number of rotatable bonds is 5. The van der Waals surface area contributed by atoms with Crippen molar-refractivity contribution < 1.29 is 14.3 Å². The molecule has 0 spiro atoms. The lowest BCUT2D eigenvalue weighted by molar-refractivity contribution is 0.0957. The Hall–Kier alpha value is -2.27. The van der Waals surface area contributed by atoms with Crippen LogP contribution in [0.25, 0.3) is 0 Å². The average Bonchev–Trinajstić information content (AvgIpc) is 3.11. The number of nitrogens with zero attached hydrogens (tertiary/aromatic N) is 1. The van der Waals surface area contributed by atoms with Crippen molar-refractivity contribution >= 4 is 23.8 Å². The van der Waals surface area contributed by atoms with Gasteiger partial charge in [-0.15, -0.1) is 0 Å². The first-order chi connectivity index (χ1) is 12.4. The Morgan fingerprint density at radius 2 is 1.77 bits per heavy atom. The average molecular weight is 369 g/mol. The van der Waals surface area contributed by atoms with Crippen LogP contribution in [0.1, 0.15) is 41.8 Å². The molecule has 0 fully saturated rings. The fraction of sp³-hybridized carbons (Fsp3) is 0.333. The minimum absolute atomic E-state index is 0.0247. The summed E-state index contributed by atoms with van der Waals surface area (Å²) in [5.41, 5.74) is 3.01. The standard InChI is InChI=1S/C21H23NO3S/c1-21(2,19(23)16-9-5-4-6-10-16)26-22(3)20(24)25-18-14-8-12-15-11-7-13-17(15)18/h4-6,8-10,12,14H,7,11,13H2,1-3H3. The summed E-state index contributed by atoms with van der Waals surface area (Å²) in [6, 6.07) is 15.0. The predicted octanol–water partition coefficient (Wildman–Crippen LogP) is 4.92. The summed E-state index contributed by atoms with van der Waals surface area (Å²) in [5, 5.41) is 0. The van der Waals surface area contributed by atoms with E-state index < -0.39 is 10.8 Å². The minimum Gasteiger partial charge on any atom is -0.409 e. The molecule has 0 radical (unpaired) electrons. The molecule has 0 bridgehead atoms. The Morgan fingerprint density at radius 1 is 1.04 bits per heavy atom. The Bertz CT molecular complexity index is 817. The predicted molar refractivity (Wildman–Crippen MR) is 105 cm³/mol. The summed E-state index contributed by atoms with van der Waals surface area (Å²) in [6.07, 6.45) is 2.59. The second kappa shape index (κ2) is 7.54. The van der Waals surface area contributed by atoms with Gasteiger partial charge in [0.2, 0.25) is 0 Å². The van der Waals surface area contributed by atoms with Crippen molar-refractivity contribution in [2.45, 2.75) is 37.9 Å². The van der Waals surface area contributed by atoms with Crippen molar-refractivity contribution in [1.29, 1.82) is 0 Å². The maximum Gasteiger partial charge on any atom is 0.425 e. The van der Waals surface area contributed by atoms with Gasteiger partial charge in [0.15, 0.2) is 5.78 Å². The SMILES string of the molecule is CN(SC(C)(C)C(=O)c1ccccc1)C(=O)Oc1cccc2c1CCC2. The van der Waals surface area contributed by atoms with E-state index in [0.717, 1.165) is 24.8 Å². The number of hydrogen-bond acceptors (Lipinski definition) is 4. The van der Waals surface area contributed by atoms with Crippen molar-refractivity contribution in [3.8, 4) is 5.75 Å². The quantitative estimate of drug-likeness (QED) is 0.555. The Balaban J connectivity index is 1.67. The maximum absolute atomic E-state index is 12.7. The first-order valence-electron chi connectivity index (χ1n) is 8.74. The lowest BCUT2D eigenvalue weighted by Gasteiger charge is -2.27. The number of ether oxygens (including phenoxy) is 1. The smallest absolute Gasteiger partial charge is 0.409 e. The molecular weight excluding hydrogens is 346 g/mol. The van der Waals surface area contributed by atoms with E-state index in [1.54, 1.807) is 19.2 Å². The first-order valence-corrected chi connectivity index (χ1v) is 9.51. The van der Waals surface area contributed by atoms with Crippen molar-refractivity contribution in [3.05, 3.63) is 65.2 Å². The number of Topliss-reactive ketones (excluding diaryl/α,β-unsaturated/α-hetero) is 1. The Labute approximate surface area is 158 Å².